The summed E-state index contributed by atoms with van der Waals surface area (Å²) >= 11 is 1.38. The maximum atomic E-state index is 10.7. The summed E-state index contributed by atoms with van der Waals surface area (Å²) in [6.45, 7) is 6.91. The molecule has 128 valence electrons. The highest BCUT2D eigenvalue weighted by Crippen LogP contribution is 2.45. The molecule has 1 amide bonds. The zero-order valence-corrected chi connectivity index (χ0v) is 15.2. The second kappa shape index (κ2) is 6.45. The number of hydrogen-bond acceptors (Lipinski definition) is 3. The molecule has 2 atom stereocenters. The third-order valence-electron chi connectivity index (χ3n) is 5.75. The minimum absolute atomic E-state index is 0.635. The average molecular weight is 343 g/mol. The third-order valence-corrected chi connectivity index (χ3v) is 6.60. The van der Waals surface area contributed by atoms with E-state index in [0.717, 1.165) is 12.8 Å². The van der Waals surface area contributed by atoms with Crippen LogP contribution in [0.15, 0.2) is 18.2 Å². The van der Waals surface area contributed by atoms with E-state index in [1.54, 1.807) is 0 Å². The van der Waals surface area contributed by atoms with E-state index in [0.29, 0.717) is 12.0 Å². The maximum absolute atomic E-state index is 10.7. The molecule has 2 aromatic rings. The number of benzene rings is 1. The molecule has 1 N–H and O–H groups in total. The summed E-state index contributed by atoms with van der Waals surface area (Å²) in [6, 6.07) is 7.33. The monoisotopic (exact) mass is 343 g/mol. The third kappa shape index (κ3) is 2.37. The molecule has 2 heterocycles. The van der Waals surface area contributed by atoms with Crippen molar-refractivity contribution in [2.45, 2.75) is 51.5 Å². The Labute approximate surface area is 147 Å². The lowest BCUT2D eigenvalue weighted by Gasteiger charge is -2.44. The maximum Gasteiger partial charge on any atom is 0.218 e. The summed E-state index contributed by atoms with van der Waals surface area (Å²) in [5.74, 6) is 0.654. The first-order chi connectivity index (χ1) is 11.8. The van der Waals surface area contributed by atoms with Crippen molar-refractivity contribution in [1.82, 2.24) is 13.6 Å². The lowest BCUT2D eigenvalue weighted by molar-refractivity contribution is -0.107. The predicted octanol–water partition coefficient (Wildman–Crippen LogP) is 3.62. The summed E-state index contributed by atoms with van der Waals surface area (Å²) in [7, 11) is 0. The largest absolute Gasteiger partial charge is 0.299 e. The molecule has 1 aliphatic heterocycles. The molecule has 0 spiro atoms. The molecule has 1 aromatic carbocycles. The fraction of sp³-hybridized carbons (Fsp3) is 0.526. The Morgan fingerprint density at radius 3 is 3.08 bits per heavy atom. The van der Waals surface area contributed by atoms with Gasteiger partial charge in [-0.15, -0.1) is 0 Å². The molecule has 1 fully saturated rings. The van der Waals surface area contributed by atoms with Gasteiger partial charge in [0.25, 0.3) is 0 Å². The molecule has 0 bridgehead atoms. The van der Waals surface area contributed by atoms with Gasteiger partial charge < -0.3 is 0 Å². The normalized spacial score (nSPS) is 23.2. The van der Waals surface area contributed by atoms with Gasteiger partial charge in [0, 0.05) is 23.0 Å². The van der Waals surface area contributed by atoms with E-state index in [1.807, 2.05) is 0 Å². The molecule has 1 aliphatic carbocycles. The van der Waals surface area contributed by atoms with Crippen molar-refractivity contribution in [3.05, 3.63) is 35.0 Å². The van der Waals surface area contributed by atoms with Gasteiger partial charge in [-0.25, -0.2) is 0 Å². The summed E-state index contributed by atoms with van der Waals surface area (Å²) < 4.78 is 4.94. The van der Waals surface area contributed by atoms with Crippen LogP contribution in [-0.4, -0.2) is 34.4 Å². The number of fused-ring (bicyclic) bond motifs is 2. The van der Waals surface area contributed by atoms with Gasteiger partial charge in [-0.1, -0.05) is 19.1 Å². The highest BCUT2D eigenvalue weighted by atomic mass is 32.2. The Morgan fingerprint density at radius 2 is 2.29 bits per heavy atom. The van der Waals surface area contributed by atoms with Crippen LogP contribution in [0.25, 0.3) is 10.9 Å². The lowest BCUT2D eigenvalue weighted by Crippen LogP contribution is -2.47. The number of likely N-dealkylation sites (tertiary alicyclic amines) is 1. The van der Waals surface area contributed by atoms with Gasteiger partial charge in [-0.05, 0) is 62.9 Å². The van der Waals surface area contributed by atoms with E-state index in [-0.39, 0.29) is 0 Å². The van der Waals surface area contributed by atoms with Crippen LogP contribution in [0.5, 0.6) is 0 Å². The van der Waals surface area contributed by atoms with Crippen LogP contribution < -0.4 is 4.72 Å². The topological polar surface area (TPSA) is 37.3 Å². The van der Waals surface area contributed by atoms with Crippen molar-refractivity contribution in [3.8, 4) is 0 Å². The second-order valence-electron chi connectivity index (χ2n) is 6.98. The van der Waals surface area contributed by atoms with Gasteiger partial charge in [-0.3, -0.25) is 18.4 Å². The average Bonchev–Trinajstić information content (AvgIpc) is 2.87. The number of aromatic nitrogens is 1. The van der Waals surface area contributed by atoms with Crippen molar-refractivity contribution in [3.63, 3.8) is 0 Å². The van der Waals surface area contributed by atoms with Gasteiger partial charge in [0.05, 0.1) is 17.7 Å². The first-order valence-electron chi connectivity index (χ1n) is 8.99. The molecular formula is C19H25N3OS. The highest BCUT2D eigenvalue weighted by molar-refractivity contribution is 7.96. The van der Waals surface area contributed by atoms with E-state index in [9.17, 15) is 4.79 Å². The van der Waals surface area contributed by atoms with Gasteiger partial charge in [0.2, 0.25) is 6.41 Å². The Hall–Kier alpha value is -1.46. The molecule has 0 saturated carbocycles. The van der Waals surface area contributed by atoms with Crippen molar-refractivity contribution >= 4 is 29.4 Å². The number of piperidine rings is 1. The molecule has 4 rings (SSSR count). The number of amides is 1. The van der Waals surface area contributed by atoms with E-state index in [4.69, 9.17) is 0 Å². The molecule has 5 heteroatoms. The predicted molar refractivity (Wildman–Crippen MR) is 100 cm³/mol. The van der Waals surface area contributed by atoms with E-state index in [1.165, 1.54) is 72.2 Å². The molecule has 0 radical (unpaired) electrons. The number of nitrogens with zero attached hydrogens (tertiary/aromatic N) is 2. The molecule has 24 heavy (non-hydrogen) atoms. The van der Waals surface area contributed by atoms with Gasteiger partial charge in [-0.2, -0.15) is 0 Å². The zero-order valence-electron chi connectivity index (χ0n) is 14.4. The molecule has 1 saturated heterocycles. The Morgan fingerprint density at radius 1 is 1.42 bits per heavy atom. The van der Waals surface area contributed by atoms with E-state index >= 15 is 0 Å². The smallest absolute Gasteiger partial charge is 0.218 e. The molecule has 1 aromatic heterocycles. The number of carbonyl (C=O) groups excluding carboxylic acids is 1. The first-order valence-corrected chi connectivity index (χ1v) is 9.77. The zero-order chi connectivity index (χ0) is 16.7. The van der Waals surface area contributed by atoms with Crippen LogP contribution in [-0.2, 0) is 11.2 Å². The number of carbonyl (C=O) groups is 1. The minimum atomic E-state index is 0.635. The van der Waals surface area contributed by atoms with Crippen LogP contribution >= 0.6 is 12.1 Å². The first kappa shape index (κ1) is 16.0. The SMILES string of the molecule is CCCN1CCC[C@@H]2c3cccc4c3c(c(C)n4SNC=O)C[C@H]21. The Balaban J connectivity index is 1.84. The summed E-state index contributed by atoms with van der Waals surface area (Å²) in [4.78, 5) is 13.5. The van der Waals surface area contributed by atoms with Gasteiger partial charge in [0.1, 0.15) is 0 Å². The standard InChI is InChI=1S/C19H25N3OS/c1-3-9-21-10-5-7-14-15-6-4-8-17-19(15)16(11-18(14)21)13(2)22(17)24-20-12-23/h4,6,8,12,14,18H,3,5,7,9-11H2,1-2H3,(H,20,23)/t14-,18-/m1/s1. The second-order valence-corrected chi connectivity index (χ2v) is 7.77. The van der Waals surface area contributed by atoms with E-state index < -0.39 is 0 Å². The van der Waals surface area contributed by atoms with E-state index in [2.05, 4.69) is 45.6 Å². The molecular weight excluding hydrogens is 318 g/mol. The van der Waals surface area contributed by atoms with Crippen LogP contribution in [0.3, 0.4) is 0 Å². The van der Waals surface area contributed by atoms with Crippen molar-refractivity contribution < 1.29 is 4.79 Å². The number of rotatable bonds is 5. The number of nitrogens with one attached hydrogen (secondary N) is 1. The van der Waals surface area contributed by atoms with Crippen molar-refractivity contribution in [2.24, 2.45) is 0 Å². The molecule has 2 aliphatic rings. The summed E-state index contributed by atoms with van der Waals surface area (Å²) in [5.41, 5.74) is 5.51. The lowest BCUT2D eigenvalue weighted by atomic mass is 9.74. The highest BCUT2D eigenvalue weighted by Gasteiger charge is 2.38. The number of hydrogen-bond donors (Lipinski definition) is 1. The summed E-state index contributed by atoms with van der Waals surface area (Å²) in [6.07, 6.45) is 5.71. The van der Waals surface area contributed by atoms with Crippen LogP contribution in [0.2, 0.25) is 0 Å². The van der Waals surface area contributed by atoms with Crippen LogP contribution in [0.1, 0.15) is 48.9 Å². The quantitative estimate of drug-likeness (QED) is 0.665. The summed E-state index contributed by atoms with van der Waals surface area (Å²) in [5, 5.41) is 1.44. The van der Waals surface area contributed by atoms with Crippen LogP contribution in [0.4, 0.5) is 0 Å². The van der Waals surface area contributed by atoms with Crippen molar-refractivity contribution in [2.75, 3.05) is 13.1 Å². The van der Waals surface area contributed by atoms with Gasteiger partial charge in [0.15, 0.2) is 0 Å². The van der Waals surface area contributed by atoms with Crippen molar-refractivity contribution in [1.29, 1.82) is 0 Å². The molecule has 4 nitrogen and oxygen atoms in total. The molecule has 0 unspecified atom stereocenters. The van der Waals surface area contributed by atoms with Crippen LogP contribution in [0, 0.1) is 6.92 Å². The minimum Gasteiger partial charge on any atom is -0.299 e. The fourth-order valence-corrected chi connectivity index (χ4v) is 5.47. The van der Waals surface area contributed by atoms with Gasteiger partial charge >= 0.3 is 0 Å². The fourth-order valence-electron chi connectivity index (χ4n) is 4.83. The Bertz CT molecular complexity index is 768. The Kier molecular flexibility index (Phi) is 4.31.